The van der Waals surface area contributed by atoms with Crippen LogP contribution in [0.1, 0.15) is 53.2 Å². The Kier molecular flexibility index (Phi) is 6.43. The lowest BCUT2D eigenvalue weighted by molar-refractivity contribution is 0.0758. The van der Waals surface area contributed by atoms with Gasteiger partial charge in [-0.05, 0) is 64.6 Å². The van der Waals surface area contributed by atoms with Crippen LogP contribution in [0.2, 0.25) is 18.1 Å². The average Bonchev–Trinajstić information content (AvgIpc) is 2.46. The Bertz CT molecular complexity index is 692. The summed E-state index contributed by atoms with van der Waals surface area (Å²) in [5.74, 6) is 0.303. The van der Waals surface area contributed by atoms with Crippen molar-refractivity contribution in [1.82, 2.24) is 4.98 Å². The van der Waals surface area contributed by atoms with Crippen molar-refractivity contribution in [2.45, 2.75) is 76.4 Å². The number of rotatable bonds is 5. The number of hydrogen-bond acceptors (Lipinski definition) is 4. The molecule has 0 saturated heterocycles. The Hall–Kier alpha value is -0.303. The van der Waals surface area contributed by atoms with Crippen molar-refractivity contribution < 1.29 is 4.43 Å². The summed E-state index contributed by atoms with van der Waals surface area (Å²) in [6.45, 7) is 15.8. The standard InChI is InChI=1S/C20H33BrN2OSSi/c1-19(2,3)26(6,7)24-16-11-13(14(16)12-20(4,5)25)18(22)15-9-8-10-17(21)23-15/h8-10,14,16,25H,11-12,22H2,1-7H3/b18-13-. The van der Waals surface area contributed by atoms with Crippen molar-refractivity contribution in [2.24, 2.45) is 11.7 Å². The smallest absolute Gasteiger partial charge is 0.192 e. The molecule has 1 aromatic heterocycles. The van der Waals surface area contributed by atoms with Crippen LogP contribution >= 0.6 is 28.6 Å². The predicted molar refractivity (Wildman–Crippen MR) is 121 cm³/mol. The second kappa shape index (κ2) is 7.61. The lowest BCUT2D eigenvalue weighted by Gasteiger charge is -2.49. The van der Waals surface area contributed by atoms with Crippen LogP contribution in [0.25, 0.3) is 5.70 Å². The first kappa shape index (κ1) is 22.0. The summed E-state index contributed by atoms with van der Waals surface area (Å²) < 4.78 is 7.45. The first-order valence-corrected chi connectivity index (χ1v) is 13.4. The minimum atomic E-state index is -1.82. The molecule has 146 valence electrons. The first-order chi connectivity index (χ1) is 11.7. The fourth-order valence-corrected chi connectivity index (χ4v) is 4.98. The van der Waals surface area contributed by atoms with Gasteiger partial charge in [0.1, 0.15) is 4.60 Å². The maximum Gasteiger partial charge on any atom is 0.192 e. The third-order valence-corrected chi connectivity index (χ3v) is 10.8. The maximum absolute atomic E-state index is 6.72. The monoisotopic (exact) mass is 456 g/mol. The van der Waals surface area contributed by atoms with Crippen molar-refractivity contribution in [3.8, 4) is 0 Å². The molecule has 2 unspecified atom stereocenters. The molecule has 0 spiro atoms. The Morgan fingerprint density at radius 3 is 2.42 bits per heavy atom. The van der Waals surface area contributed by atoms with E-state index in [4.69, 9.17) is 22.8 Å². The quantitative estimate of drug-likeness (QED) is 0.323. The molecule has 0 aliphatic heterocycles. The Morgan fingerprint density at radius 2 is 1.92 bits per heavy atom. The summed E-state index contributed by atoms with van der Waals surface area (Å²) >= 11 is 8.21. The molecule has 1 aliphatic carbocycles. The Labute approximate surface area is 173 Å². The molecule has 0 bridgehead atoms. The van der Waals surface area contributed by atoms with Crippen molar-refractivity contribution in [3.63, 3.8) is 0 Å². The van der Waals surface area contributed by atoms with Crippen molar-refractivity contribution in [1.29, 1.82) is 0 Å². The van der Waals surface area contributed by atoms with Gasteiger partial charge in [-0.15, -0.1) is 0 Å². The SMILES string of the molecule is CC(C)(S)CC1/C(=C(\N)c2cccc(Br)n2)CC1O[Si](C)(C)C(C)(C)C. The van der Waals surface area contributed by atoms with Gasteiger partial charge >= 0.3 is 0 Å². The minimum Gasteiger partial charge on any atom is -0.413 e. The van der Waals surface area contributed by atoms with E-state index >= 15 is 0 Å². The number of nitrogens with zero attached hydrogens (tertiary/aromatic N) is 1. The maximum atomic E-state index is 6.72. The van der Waals surface area contributed by atoms with E-state index < -0.39 is 8.32 Å². The zero-order valence-corrected chi connectivity index (χ0v) is 20.5. The summed E-state index contributed by atoms with van der Waals surface area (Å²) in [6.07, 6.45) is 2.06. The van der Waals surface area contributed by atoms with Gasteiger partial charge in [-0.25, -0.2) is 4.98 Å². The van der Waals surface area contributed by atoms with Crippen LogP contribution < -0.4 is 5.73 Å². The van der Waals surface area contributed by atoms with Gasteiger partial charge in [-0.3, -0.25) is 0 Å². The zero-order chi connectivity index (χ0) is 19.9. The molecule has 0 radical (unpaired) electrons. The van der Waals surface area contributed by atoms with Crippen LogP contribution in [0.3, 0.4) is 0 Å². The summed E-state index contributed by atoms with van der Waals surface area (Å²) in [5.41, 5.74) is 9.41. The van der Waals surface area contributed by atoms with Gasteiger partial charge in [0.25, 0.3) is 0 Å². The van der Waals surface area contributed by atoms with Crippen LogP contribution in [-0.2, 0) is 4.43 Å². The van der Waals surface area contributed by atoms with E-state index in [9.17, 15) is 0 Å². The summed E-state index contributed by atoms with van der Waals surface area (Å²) in [5, 5.41) is 0.199. The van der Waals surface area contributed by atoms with Gasteiger partial charge in [0.15, 0.2) is 8.32 Å². The second-order valence-electron chi connectivity index (χ2n) is 9.53. The zero-order valence-electron chi connectivity index (χ0n) is 17.1. The first-order valence-electron chi connectivity index (χ1n) is 9.23. The van der Waals surface area contributed by atoms with E-state index in [-0.39, 0.29) is 15.9 Å². The summed E-state index contributed by atoms with van der Waals surface area (Å²) in [4.78, 5) is 4.53. The number of thiol groups is 1. The molecule has 2 atom stereocenters. The normalized spacial score (nSPS) is 23.6. The fraction of sp³-hybridized carbons (Fsp3) is 0.650. The molecular weight excluding hydrogens is 424 g/mol. The molecule has 26 heavy (non-hydrogen) atoms. The van der Waals surface area contributed by atoms with E-state index in [1.807, 2.05) is 18.2 Å². The molecular formula is C20H33BrN2OSSi. The molecule has 0 aromatic carbocycles. The van der Waals surface area contributed by atoms with Gasteiger partial charge in [0, 0.05) is 10.7 Å². The van der Waals surface area contributed by atoms with Crippen LogP contribution in [0.4, 0.5) is 0 Å². The lowest BCUT2D eigenvalue weighted by atomic mass is 9.71. The van der Waals surface area contributed by atoms with Crippen molar-refractivity contribution in [3.05, 3.63) is 34.1 Å². The van der Waals surface area contributed by atoms with Crippen LogP contribution in [-0.4, -0.2) is 24.2 Å². The average molecular weight is 458 g/mol. The molecule has 1 saturated carbocycles. The number of hydrogen-bond donors (Lipinski definition) is 2. The molecule has 2 rings (SSSR count). The third-order valence-electron chi connectivity index (χ3n) is 5.63. The summed E-state index contributed by atoms with van der Waals surface area (Å²) in [7, 11) is -1.82. The largest absolute Gasteiger partial charge is 0.413 e. The number of aromatic nitrogens is 1. The minimum absolute atomic E-state index is 0.0731. The predicted octanol–water partition coefficient (Wildman–Crippen LogP) is 6.02. The van der Waals surface area contributed by atoms with E-state index in [0.29, 0.717) is 5.92 Å². The lowest BCUT2D eigenvalue weighted by Crippen LogP contribution is -2.51. The van der Waals surface area contributed by atoms with E-state index in [0.717, 1.165) is 28.8 Å². The Morgan fingerprint density at radius 1 is 1.31 bits per heavy atom. The van der Waals surface area contributed by atoms with Crippen LogP contribution in [0, 0.1) is 5.92 Å². The third kappa shape index (κ3) is 5.15. The molecule has 1 heterocycles. The molecule has 1 aliphatic rings. The Balaban J connectivity index is 2.30. The fourth-order valence-electron chi connectivity index (χ4n) is 3.08. The van der Waals surface area contributed by atoms with Gasteiger partial charge in [-0.2, -0.15) is 12.6 Å². The van der Waals surface area contributed by atoms with E-state index in [1.54, 1.807) is 0 Å². The number of pyridine rings is 1. The van der Waals surface area contributed by atoms with Crippen molar-refractivity contribution >= 4 is 42.6 Å². The number of halogens is 1. The van der Waals surface area contributed by atoms with Gasteiger partial charge < -0.3 is 10.2 Å². The van der Waals surface area contributed by atoms with Crippen molar-refractivity contribution in [2.75, 3.05) is 0 Å². The van der Waals surface area contributed by atoms with Gasteiger partial charge in [-0.1, -0.05) is 40.7 Å². The highest BCUT2D eigenvalue weighted by Crippen LogP contribution is 2.48. The highest BCUT2D eigenvalue weighted by Gasteiger charge is 2.47. The molecule has 6 heteroatoms. The molecule has 2 N–H and O–H groups in total. The van der Waals surface area contributed by atoms with E-state index in [1.165, 1.54) is 5.57 Å². The van der Waals surface area contributed by atoms with Gasteiger partial charge in [0.2, 0.25) is 0 Å². The highest BCUT2D eigenvalue weighted by molar-refractivity contribution is 9.10. The highest BCUT2D eigenvalue weighted by atomic mass is 79.9. The molecule has 0 amide bonds. The topological polar surface area (TPSA) is 48.1 Å². The molecule has 3 nitrogen and oxygen atoms in total. The van der Waals surface area contributed by atoms with Gasteiger partial charge in [0.05, 0.1) is 17.5 Å². The van der Waals surface area contributed by atoms with Crippen LogP contribution in [0.5, 0.6) is 0 Å². The number of nitrogens with two attached hydrogens (primary N) is 1. The van der Waals surface area contributed by atoms with Crippen LogP contribution in [0.15, 0.2) is 28.4 Å². The summed E-state index contributed by atoms with van der Waals surface area (Å²) in [6, 6.07) is 5.86. The van der Waals surface area contributed by atoms with E-state index in [2.05, 4.69) is 68.6 Å². The molecule has 1 fully saturated rings. The molecule has 1 aromatic rings. The second-order valence-corrected chi connectivity index (χ2v) is 16.3.